The number of hydrogen-bond acceptors (Lipinski definition) is 4. The first-order valence-electron chi connectivity index (χ1n) is 6.57. The van der Waals surface area contributed by atoms with Crippen molar-refractivity contribution in [1.82, 2.24) is 4.98 Å². The van der Waals surface area contributed by atoms with Crippen LogP contribution in [0.1, 0.15) is 11.1 Å². The van der Waals surface area contributed by atoms with E-state index in [2.05, 4.69) is 11.1 Å². The van der Waals surface area contributed by atoms with Gasteiger partial charge in [0.25, 0.3) is 0 Å². The highest BCUT2D eigenvalue weighted by Gasteiger charge is 2.09. The lowest BCUT2D eigenvalue weighted by molar-refractivity contribution is 0.463. The molecule has 0 spiro atoms. The Hall–Kier alpha value is -2.90. The number of aromatic nitrogens is 1. The number of rotatable bonds is 3. The molecule has 0 amide bonds. The van der Waals surface area contributed by atoms with Crippen molar-refractivity contribution in [3.63, 3.8) is 0 Å². The van der Waals surface area contributed by atoms with Crippen LogP contribution in [0.2, 0.25) is 0 Å². The normalized spacial score (nSPS) is 10.3. The zero-order valence-electron chi connectivity index (χ0n) is 11.3. The van der Waals surface area contributed by atoms with Crippen LogP contribution >= 0.6 is 0 Å². The fourth-order valence-corrected chi connectivity index (χ4v) is 2.06. The Bertz CT molecular complexity index is 820. The molecular formula is C17H13N3O. The Balaban J connectivity index is 2.00. The summed E-state index contributed by atoms with van der Waals surface area (Å²) in [6, 6.07) is 19.0. The van der Waals surface area contributed by atoms with Gasteiger partial charge in [0, 0.05) is 11.9 Å². The molecule has 0 unspecified atom stereocenters. The van der Waals surface area contributed by atoms with E-state index in [0.29, 0.717) is 23.7 Å². The van der Waals surface area contributed by atoms with E-state index < -0.39 is 0 Å². The fourth-order valence-electron chi connectivity index (χ4n) is 2.06. The summed E-state index contributed by atoms with van der Waals surface area (Å²) in [6.07, 6.45) is 0. The summed E-state index contributed by atoms with van der Waals surface area (Å²) in [4.78, 5) is 4.41. The van der Waals surface area contributed by atoms with Crippen molar-refractivity contribution in [2.75, 3.05) is 0 Å². The van der Waals surface area contributed by atoms with E-state index in [1.165, 1.54) is 0 Å². The SMILES string of the molecule is N#Cc1cc2ccccc2nc1Oc1ccc(CN)cc1. The quantitative estimate of drug-likeness (QED) is 0.795. The van der Waals surface area contributed by atoms with Gasteiger partial charge in [-0.3, -0.25) is 0 Å². The average Bonchev–Trinajstić information content (AvgIpc) is 2.55. The standard InChI is InChI=1S/C17H13N3O/c18-10-12-5-7-15(8-6-12)21-17-14(11-19)9-13-3-1-2-4-16(13)20-17/h1-9H,10,18H2. The van der Waals surface area contributed by atoms with Gasteiger partial charge in [-0.15, -0.1) is 0 Å². The van der Waals surface area contributed by atoms with Gasteiger partial charge in [0.05, 0.1) is 5.52 Å². The highest BCUT2D eigenvalue weighted by Crippen LogP contribution is 2.26. The van der Waals surface area contributed by atoms with E-state index >= 15 is 0 Å². The minimum atomic E-state index is 0.316. The molecule has 21 heavy (non-hydrogen) atoms. The molecule has 102 valence electrons. The molecule has 0 saturated carbocycles. The Labute approximate surface area is 122 Å². The molecule has 2 aromatic carbocycles. The third-order valence-electron chi connectivity index (χ3n) is 3.18. The molecule has 0 aliphatic rings. The molecule has 2 N–H and O–H groups in total. The van der Waals surface area contributed by atoms with E-state index in [-0.39, 0.29) is 0 Å². The van der Waals surface area contributed by atoms with Gasteiger partial charge in [0.1, 0.15) is 17.4 Å². The van der Waals surface area contributed by atoms with E-state index in [0.717, 1.165) is 16.5 Å². The highest BCUT2D eigenvalue weighted by atomic mass is 16.5. The summed E-state index contributed by atoms with van der Waals surface area (Å²) in [5, 5.41) is 10.2. The van der Waals surface area contributed by atoms with Gasteiger partial charge in [-0.1, -0.05) is 30.3 Å². The molecule has 1 heterocycles. The molecule has 3 aromatic rings. The first-order chi connectivity index (χ1) is 10.3. The third-order valence-corrected chi connectivity index (χ3v) is 3.18. The predicted octanol–water partition coefficient (Wildman–Crippen LogP) is 3.36. The Kier molecular flexibility index (Phi) is 3.50. The molecular weight excluding hydrogens is 262 g/mol. The number of benzene rings is 2. The molecule has 0 aliphatic heterocycles. The summed E-state index contributed by atoms with van der Waals surface area (Å²) in [7, 11) is 0. The van der Waals surface area contributed by atoms with E-state index in [4.69, 9.17) is 10.5 Å². The van der Waals surface area contributed by atoms with Crippen LogP contribution in [0.4, 0.5) is 0 Å². The van der Waals surface area contributed by atoms with Crippen LogP contribution in [0.15, 0.2) is 54.6 Å². The summed E-state index contributed by atoms with van der Waals surface area (Å²) in [5.41, 5.74) is 7.80. The van der Waals surface area contributed by atoms with E-state index in [1.54, 1.807) is 6.07 Å². The van der Waals surface area contributed by atoms with Crippen LogP contribution in [0.25, 0.3) is 10.9 Å². The topological polar surface area (TPSA) is 71.9 Å². The molecule has 0 radical (unpaired) electrons. The van der Waals surface area contributed by atoms with Crippen molar-refractivity contribution in [3.8, 4) is 17.7 Å². The zero-order chi connectivity index (χ0) is 14.7. The van der Waals surface area contributed by atoms with Crippen LogP contribution in [-0.4, -0.2) is 4.98 Å². The molecule has 1 aromatic heterocycles. The smallest absolute Gasteiger partial charge is 0.237 e. The van der Waals surface area contributed by atoms with Crippen LogP contribution in [0, 0.1) is 11.3 Å². The first-order valence-corrected chi connectivity index (χ1v) is 6.57. The summed E-state index contributed by atoms with van der Waals surface area (Å²) in [6.45, 7) is 0.484. The maximum atomic E-state index is 9.25. The number of nitriles is 1. The third kappa shape index (κ3) is 2.69. The molecule has 4 heteroatoms. The van der Waals surface area contributed by atoms with Gasteiger partial charge in [0.2, 0.25) is 5.88 Å². The highest BCUT2D eigenvalue weighted by molar-refractivity contribution is 5.81. The Morgan fingerprint density at radius 3 is 2.57 bits per heavy atom. The van der Waals surface area contributed by atoms with Crippen LogP contribution in [-0.2, 0) is 6.54 Å². The van der Waals surface area contributed by atoms with Crippen molar-refractivity contribution >= 4 is 10.9 Å². The van der Waals surface area contributed by atoms with Gasteiger partial charge in [0.15, 0.2) is 0 Å². The van der Waals surface area contributed by atoms with Crippen molar-refractivity contribution in [2.45, 2.75) is 6.54 Å². The summed E-state index contributed by atoms with van der Waals surface area (Å²) < 4.78 is 5.73. The molecule has 4 nitrogen and oxygen atoms in total. The average molecular weight is 275 g/mol. The predicted molar refractivity (Wildman–Crippen MR) is 80.9 cm³/mol. The summed E-state index contributed by atoms with van der Waals surface area (Å²) in [5.74, 6) is 0.947. The number of fused-ring (bicyclic) bond motifs is 1. The van der Waals surface area contributed by atoms with Crippen LogP contribution < -0.4 is 10.5 Å². The minimum absolute atomic E-state index is 0.316. The maximum absolute atomic E-state index is 9.25. The molecule has 3 rings (SSSR count). The number of nitrogens with zero attached hydrogens (tertiary/aromatic N) is 2. The van der Waals surface area contributed by atoms with Crippen molar-refractivity contribution in [2.24, 2.45) is 5.73 Å². The van der Waals surface area contributed by atoms with Gasteiger partial charge < -0.3 is 10.5 Å². The number of ether oxygens (including phenoxy) is 1. The van der Waals surface area contributed by atoms with E-state index in [1.807, 2.05) is 48.5 Å². The van der Waals surface area contributed by atoms with Gasteiger partial charge in [-0.25, -0.2) is 4.98 Å². The Morgan fingerprint density at radius 2 is 1.86 bits per heavy atom. The Morgan fingerprint density at radius 1 is 1.10 bits per heavy atom. The van der Waals surface area contributed by atoms with Crippen molar-refractivity contribution in [1.29, 1.82) is 5.26 Å². The lowest BCUT2D eigenvalue weighted by Gasteiger charge is -2.08. The molecule has 0 atom stereocenters. The lowest BCUT2D eigenvalue weighted by Crippen LogP contribution is -1.96. The van der Waals surface area contributed by atoms with Gasteiger partial charge in [-0.05, 0) is 29.8 Å². The fraction of sp³-hybridized carbons (Fsp3) is 0.0588. The van der Waals surface area contributed by atoms with Crippen LogP contribution in [0.5, 0.6) is 11.6 Å². The van der Waals surface area contributed by atoms with Crippen molar-refractivity contribution < 1.29 is 4.74 Å². The molecule has 0 bridgehead atoms. The largest absolute Gasteiger partial charge is 0.438 e. The van der Waals surface area contributed by atoms with Crippen LogP contribution in [0.3, 0.4) is 0 Å². The monoisotopic (exact) mass is 275 g/mol. The second-order valence-corrected chi connectivity index (χ2v) is 4.60. The first kappa shape index (κ1) is 13.1. The summed E-state index contributed by atoms with van der Waals surface area (Å²) >= 11 is 0. The maximum Gasteiger partial charge on any atom is 0.237 e. The van der Waals surface area contributed by atoms with E-state index in [9.17, 15) is 5.26 Å². The number of hydrogen-bond donors (Lipinski definition) is 1. The zero-order valence-corrected chi connectivity index (χ0v) is 11.3. The van der Waals surface area contributed by atoms with Gasteiger partial charge in [-0.2, -0.15) is 5.26 Å². The lowest BCUT2D eigenvalue weighted by atomic mass is 10.1. The minimum Gasteiger partial charge on any atom is -0.438 e. The molecule has 0 saturated heterocycles. The number of pyridine rings is 1. The molecule has 0 fully saturated rings. The van der Waals surface area contributed by atoms with Gasteiger partial charge >= 0.3 is 0 Å². The second kappa shape index (κ2) is 5.61. The van der Waals surface area contributed by atoms with Crippen molar-refractivity contribution in [3.05, 3.63) is 65.7 Å². The number of nitrogens with two attached hydrogens (primary N) is 1. The number of para-hydroxylation sites is 1. The second-order valence-electron chi connectivity index (χ2n) is 4.60. The molecule has 0 aliphatic carbocycles.